The molecule has 3 heteroatoms. The van der Waals surface area contributed by atoms with E-state index in [-0.39, 0.29) is 0 Å². The van der Waals surface area contributed by atoms with Crippen LogP contribution in [0.4, 0.5) is 0 Å². The lowest BCUT2D eigenvalue weighted by atomic mass is 10.1. The van der Waals surface area contributed by atoms with Crippen molar-refractivity contribution in [1.82, 2.24) is 5.32 Å². The Labute approximate surface area is 103 Å². The predicted molar refractivity (Wildman–Crippen MR) is 71.7 cm³/mol. The van der Waals surface area contributed by atoms with Crippen LogP contribution in [0.1, 0.15) is 19.4 Å². The van der Waals surface area contributed by atoms with Crippen LogP contribution >= 0.6 is 0 Å². The van der Waals surface area contributed by atoms with Crippen LogP contribution in [0.25, 0.3) is 6.08 Å². The monoisotopic (exact) mass is 235 g/mol. The smallest absolute Gasteiger partial charge is 0.167 e. The highest BCUT2D eigenvalue weighted by Crippen LogP contribution is 2.31. The molecule has 17 heavy (non-hydrogen) atoms. The minimum Gasteiger partial charge on any atom is -0.493 e. The van der Waals surface area contributed by atoms with Gasteiger partial charge in [-0.05, 0) is 19.5 Å². The standard InChI is InChI=1S/C14H21NO2/c1-5-15-10-11(2)9-12-7-6-8-13(16-3)14(12)17-4/h6-9,15H,5,10H2,1-4H3. The van der Waals surface area contributed by atoms with Crippen LogP contribution in [-0.4, -0.2) is 27.3 Å². The van der Waals surface area contributed by atoms with E-state index in [2.05, 4.69) is 25.2 Å². The second-order valence-electron chi connectivity index (χ2n) is 3.85. The van der Waals surface area contributed by atoms with E-state index in [1.54, 1.807) is 14.2 Å². The third kappa shape index (κ3) is 3.79. The molecule has 0 radical (unpaired) electrons. The first-order valence-electron chi connectivity index (χ1n) is 5.81. The molecule has 0 heterocycles. The van der Waals surface area contributed by atoms with E-state index in [9.17, 15) is 0 Å². The molecule has 0 aliphatic rings. The Morgan fingerprint density at radius 1 is 1.29 bits per heavy atom. The molecule has 0 aliphatic carbocycles. The van der Waals surface area contributed by atoms with Crippen LogP contribution in [0.3, 0.4) is 0 Å². The zero-order valence-electron chi connectivity index (χ0n) is 11.0. The molecule has 0 fully saturated rings. The first-order chi connectivity index (χ1) is 8.22. The molecule has 0 spiro atoms. The number of likely N-dealkylation sites (N-methyl/N-ethyl adjacent to an activating group) is 1. The van der Waals surface area contributed by atoms with Crippen molar-refractivity contribution in [2.24, 2.45) is 0 Å². The van der Waals surface area contributed by atoms with Crippen molar-refractivity contribution in [2.45, 2.75) is 13.8 Å². The average molecular weight is 235 g/mol. The Balaban J connectivity index is 2.97. The zero-order valence-corrected chi connectivity index (χ0v) is 11.0. The second-order valence-corrected chi connectivity index (χ2v) is 3.85. The summed E-state index contributed by atoms with van der Waals surface area (Å²) in [4.78, 5) is 0. The molecule has 1 aromatic rings. The molecule has 0 bridgehead atoms. The number of benzene rings is 1. The molecule has 0 amide bonds. The summed E-state index contributed by atoms with van der Waals surface area (Å²) in [5.74, 6) is 1.54. The highest BCUT2D eigenvalue weighted by molar-refractivity contribution is 5.64. The van der Waals surface area contributed by atoms with Gasteiger partial charge in [-0.1, -0.05) is 30.7 Å². The minimum atomic E-state index is 0.762. The van der Waals surface area contributed by atoms with E-state index in [4.69, 9.17) is 9.47 Å². The van der Waals surface area contributed by atoms with E-state index in [1.165, 1.54) is 5.57 Å². The molecule has 0 saturated heterocycles. The Kier molecular flexibility index (Phi) is 5.57. The van der Waals surface area contributed by atoms with Crippen molar-refractivity contribution in [3.05, 3.63) is 29.3 Å². The number of para-hydroxylation sites is 1. The summed E-state index contributed by atoms with van der Waals surface area (Å²) in [5, 5.41) is 3.29. The maximum Gasteiger partial charge on any atom is 0.167 e. The van der Waals surface area contributed by atoms with E-state index in [0.29, 0.717) is 0 Å². The second kappa shape index (κ2) is 6.97. The summed E-state index contributed by atoms with van der Waals surface area (Å²) in [7, 11) is 3.31. The third-order valence-electron chi connectivity index (χ3n) is 2.49. The van der Waals surface area contributed by atoms with Gasteiger partial charge in [-0.15, -0.1) is 0 Å². The van der Waals surface area contributed by atoms with Gasteiger partial charge in [0.15, 0.2) is 11.5 Å². The van der Waals surface area contributed by atoms with Crippen LogP contribution in [0.2, 0.25) is 0 Å². The van der Waals surface area contributed by atoms with Crippen molar-refractivity contribution in [2.75, 3.05) is 27.3 Å². The van der Waals surface area contributed by atoms with E-state index in [1.807, 2.05) is 18.2 Å². The van der Waals surface area contributed by atoms with Crippen molar-refractivity contribution < 1.29 is 9.47 Å². The topological polar surface area (TPSA) is 30.5 Å². The minimum absolute atomic E-state index is 0.762. The number of rotatable bonds is 6. The van der Waals surface area contributed by atoms with E-state index >= 15 is 0 Å². The van der Waals surface area contributed by atoms with Gasteiger partial charge in [0.05, 0.1) is 14.2 Å². The normalized spacial score (nSPS) is 11.4. The summed E-state index contributed by atoms with van der Waals surface area (Å²) in [5.41, 5.74) is 2.31. The van der Waals surface area contributed by atoms with Gasteiger partial charge in [-0.3, -0.25) is 0 Å². The number of hydrogen-bond acceptors (Lipinski definition) is 3. The lowest BCUT2D eigenvalue weighted by Crippen LogP contribution is -2.14. The lowest BCUT2D eigenvalue weighted by Gasteiger charge is -2.11. The van der Waals surface area contributed by atoms with E-state index in [0.717, 1.165) is 30.2 Å². The highest BCUT2D eigenvalue weighted by Gasteiger charge is 2.07. The molecular formula is C14H21NO2. The largest absolute Gasteiger partial charge is 0.493 e. The maximum absolute atomic E-state index is 5.38. The average Bonchev–Trinajstić information content (AvgIpc) is 2.35. The number of ether oxygens (including phenoxy) is 2. The van der Waals surface area contributed by atoms with Crippen LogP contribution < -0.4 is 14.8 Å². The summed E-state index contributed by atoms with van der Waals surface area (Å²) in [6.07, 6.45) is 2.12. The van der Waals surface area contributed by atoms with Gasteiger partial charge in [-0.2, -0.15) is 0 Å². The maximum atomic E-state index is 5.38. The van der Waals surface area contributed by atoms with Gasteiger partial charge in [0.2, 0.25) is 0 Å². The van der Waals surface area contributed by atoms with Gasteiger partial charge >= 0.3 is 0 Å². The van der Waals surface area contributed by atoms with Crippen molar-refractivity contribution in [3.63, 3.8) is 0 Å². The van der Waals surface area contributed by atoms with Crippen molar-refractivity contribution >= 4 is 6.08 Å². The fourth-order valence-electron chi connectivity index (χ4n) is 1.66. The van der Waals surface area contributed by atoms with Crippen LogP contribution in [0.5, 0.6) is 11.5 Å². The molecule has 3 nitrogen and oxygen atoms in total. The SMILES string of the molecule is CCNCC(C)=Cc1cccc(OC)c1OC. The molecule has 94 valence electrons. The Morgan fingerprint density at radius 2 is 2.06 bits per heavy atom. The fourth-order valence-corrected chi connectivity index (χ4v) is 1.66. The quantitative estimate of drug-likeness (QED) is 0.822. The fraction of sp³-hybridized carbons (Fsp3) is 0.429. The summed E-state index contributed by atoms with van der Waals surface area (Å²) in [6.45, 7) is 6.05. The van der Waals surface area contributed by atoms with E-state index < -0.39 is 0 Å². The van der Waals surface area contributed by atoms with Gasteiger partial charge in [0.1, 0.15) is 0 Å². The van der Waals surface area contributed by atoms with Gasteiger partial charge in [-0.25, -0.2) is 0 Å². The number of nitrogens with one attached hydrogen (secondary N) is 1. The van der Waals surface area contributed by atoms with Gasteiger partial charge < -0.3 is 14.8 Å². The summed E-state index contributed by atoms with van der Waals surface area (Å²) < 4.78 is 10.7. The molecule has 0 saturated carbocycles. The molecule has 0 aliphatic heterocycles. The van der Waals surface area contributed by atoms with Gasteiger partial charge in [0, 0.05) is 12.1 Å². The molecule has 1 aromatic carbocycles. The van der Waals surface area contributed by atoms with Crippen molar-refractivity contribution in [1.29, 1.82) is 0 Å². The lowest BCUT2D eigenvalue weighted by molar-refractivity contribution is 0.354. The zero-order chi connectivity index (χ0) is 12.7. The van der Waals surface area contributed by atoms with Crippen LogP contribution in [-0.2, 0) is 0 Å². The van der Waals surface area contributed by atoms with Crippen molar-refractivity contribution in [3.8, 4) is 11.5 Å². The predicted octanol–water partition coefficient (Wildman–Crippen LogP) is 2.72. The number of methoxy groups -OCH3 is 2. The Bertz CT molecular complexity index is 386. The number of hydrogen-bond donors (Lipinski definition) is 1. The summed E-state index contributed by atoms with van der Waals surface area (Å²) >= 11 is 0. The molecule has 1 N–H and O–H groups in total. The Hall–Kier alpha value is -1.48. The molecule has 1 rings (SSSR count). The van der Waals surface area contributed by atoms with Gasteiger partial charge in [0.25, 0.3) is 0 Å². The molecular weight excluding hydrogens is 214 g/mol. The third-order valence-corrected chi connectivity index (χ3v) is 2.49. The molecule has 0 unspecified atom stereocenters. The molecule has 0 atom stereocenters. The van der Waals surface area contributed by atoms with Crippen LogP contribution in [0, 0.1) is 0 Å². The summed E-state index contributed by atoms with van der Waals surface area (Å²) in [6, 6.07) is 5.89. The van der Waals surface area contributed by atoms with Crippen LogP contribution in [0.15, 0.2) is 23.8 Å². The Morgan fingerprint density at radius 3 is 2.65 bits per heavy atom. The molecule has 0 aromatic heterocycles. The first-order valence-corrected chi connectivity index (χ1v) is 5.81. The highest BCUT2D eigenvalue weighted by atomic mass is 16.5. The first kappa shape index (κ1) is 13.6.